The Kier molecular flexibility index (Phi) is 34.9. The minimum Gasteiger partial charge on any atom is -0.396 e. The van der Waals surface area contributed by atoms with Gasteiger partial charge in [0.25, 0.3) is 0 Å². The Morgan fingerprint density at radius 1 is 0.324 bits per heavy atom. The molecule has 0 aromatic rings. The van der Waals surface area contributed by atoms with Crippen molar-refractivity contribution in [1.29, 1.82) is 0 Å². The van der Waals surface area contributed by atoms with Crippen LogP contribution in [0.25, 0.3) is 0 Å². The quantitative estimate of drug-likeness (QED) is 0.120. The molecular formula is C32H68O2. The van der Waals surface area contributed by atoms with Crippen LogP contribution >= 0.6 is 0 Å². The third-order valence-electron chi connectivity index (χ3n) is 7.38. The lowest BCUT2D eigenvalue weighted by molar-refractivity contribution is 0.204. The van der Waals surface area contributed by atoms with Crippen LogP contribution in [0.5, 0.6) is 0 Å². The van der Waals surface area contributed by atoms with E-state index in [2.05, 4.69) is 27.7 Å². The maximum absolute atomic E-state index is 9.47. The molecule has 2 heteroatoms. The lowest BCUT2D eigenvalue weighted by atomic mass is 9.95. The number of hydrogen-bond acceptors (Lipinski definition) is 2. The molecule has 0 radical (unpaired) electrons. The Morgan fingerprint density at radius 3 is 0.853 bits per heavy atom. The minimum absolute atomic E-state index is 0.395. The van der Waals surface area contributed by atoms with Gasteiger partial charge in [-0.2, -0.15) is 0 Å². The summed E-state index contributed by atoms with van der Waals surface area (Å²) in [6.45, 7) is 9.80. The van der Waals surface area contributed by atoms with Crippen molar-refractivity contribution >= 4 is 0 Å². The van der Waals surface area contributed by atoms with Gasteiger partial charge in [0.2, 0.25) is 0 Å². The van der Waals surface area contributed by atoms with Gasteiger partial charge >= 0.3 is 0 Å². The fourth-order valence-corrected chi connectivity index (χ4v) is 4.79. The Morgan fingerprint density at radius 2 is 0.559 bits per heavy atom. The maximum atomic E-state index is 9.47. The third kappa shape index (κ3) is 30.0. The maximum Gasteiger partial charge on any atom is 0.0459 e. The second-order valence-electron chi connectivity index (χ2n) is 10.9. The highest BCUT2D eigenvalue weighted by atomic mass is 16.3. The molecule has 0 saturated heterocycles. The number of rotatable bonds is 26. The van der Waals surface area contributed by atoms with E-state index >= 15 is 0 Å². The summed E-state index contributed by atoms with van der Waals surface area (Å²) < 4.78 is 0. The van der Waals surface area contributed by atoms with Crippen LogP contribution in [0.4, 0.5) is 0 Å². The summed E-state index contributed by atoms with van der Waals surface area (Å²) in [6.07, 6.45) is 32.1. The van der Waals surface area contributed by atoms with E-state index in [0.717, 1.165) is 0 Å². The van der Waals surface area contributed by atoms with Crippen LogP contribution < -0.4 is 0 Å². The van der Waals surface area contributed by atoms with Gasteiger partial charge in [0.05, 0.1) is 0 Å². The van der Waals surface area contributed by atoms with Crippen molar-refractivity contribution in [2.75, 3.05) is 13.2 Å². The van der Waals surface area contributed by atoms with E-state index in [9.17, 15) is 5.11 Å². The van der Waals surface area contributed by atoms with Crippen molar-refractivity contribution in [3.8, 4) is 0 Å². The van der Waals surface area contributed by atoms with E-state index in [1.165, 1.54) is 154 Å². The Hall–Kier alpha value is -0.0800. The van der Waals surface area contributed by atoms with E-state index in [-0.39, 0.29) is 0 Å². The Bertz CT molecular complexity index is 331. The van der Waals surface area contributed by atoms with Gasteiger partial charge in [-0.3, -0.25) is 0 Å². The minimum atomic E-state index is 0.395. The summed E-state index contributed by atoms with van der Waals surface area (Å²) in [4.78, 5) is 0. The van der Waals surface area contributed by atoms with Crippen molar-refractivity contribution in [2.45, 2.75) is 182 Å². The van der Waals surface area contributed by atoms with E-state index < -0.39 is 0 Å². The lowest BCUT2D eigenvalue weighted by Gasteiger charge is -2.13. The van der Waals surface area contributed by atoms with Crippen molar-refractivity contribution in [2.24, 2.45) is 11.8 Å². The zero-order valence-corrected chi connectivity index (χ0v) is 24.4. The Labute approximate surface area is 217 Å². The van der Waals surface area contributed by atoms with Crippen LogP contribution in [0.1, 0.15) is 182 Å². The molecule has 0 saturated carbocycles. The smallest absolute Gasteiger partial charge is 0.0459 e. The van der Waals surface area contributed by atoms with Gasteiger partial charge in [-0.25, -0.2) is 0 Å². The molecule has 2 unspecified atom stereocenters. The van der Waals surface area contributed by atoms with Gasteiger partial charge in [0.15, 0.2) is 0 Å². The van der Waals surface area contributed by atoms with Gasteiger partial charge in [-0.15, -0.1) is 0 Å². The standard InChI is InChI=1S/C20H42O.C12H26O/c1-3-5-7-9-11-12-14-16-18-20(19-21)17-15-13-10-8-6-4-2;1-3-5-7-8-10-12(11-13)9-6-4-2/h20-21H,3-19H2,1-2H3;12-13H,3-11H2,1-2H3. The first-order valence-electron chi connectivity index (χ1n) is 15.9. The van der Waals surface area contributed by atoms with Crippen LogP contribution in [0.15, 0.2) is 0 Å². The van der Waals surface area contributed by atoms with Crippen LogP contribution in [-0.4, -0.2) is 23.4 Å². The average Bonchev–Trinajstić information content (AvgIpc) is 2.86. The molecular weight excluding hydrogens is 416 g/mol. The van der Waals surface area contributed by atoms with Gasteiger partial charge in [-0.1, -0.05) is 156 Å². The first kappa shape index (κ1) is 36.1. The molecule has 0 heterocycles. The second kappa shape index (κ2) is 32.9. The van der Waals surface area contributed by atoms with E-state index in [1.807, 2.05) is 0 Å². The zero-order chi connectivity index (χ0) is 25.5. The number of aliphatic hydroxyl groups is 2. The summed E-state index contributed by atoms with van der Waals surface area (Å²) in [5.41, 5.74) is 0. The molecule has 0 rings (SSSR count). The van der Waals surface area contributed by atoms with Crippen LogP contribution in [0, 0.1) is 11.8 Å². The topological polar surface area (TPSA) is 40.5 Å². The fraction of sp³-hybridized carbons (Fsp3) is 1.00. The van der Waals surface area contributed by atoms with Crippen LogP contribution in [0.3, 0.4) is 0 Å². The number of hydrogen-bond donors (Lipinski definition) is 2. The summed E-state index contributed by atoms with van der Waals surface area (Å²) in [5, 5.41) is 18.6. The fourth-order valence-electron chi connectivity index (χ4n) is 4.79. The van der Waals surface area contributed by atoms with E-state index in [0.29, 0.717) is 25.0 Å². The molecule has 0 aliphatic rings. The largest absolute Gasteiger partial charge is 0.396 e. The number of aliphatic hydroxyl groups excluding tert-OH is 2. The van der Waals surface area contributed by atoms with Gasteiger partial charge in [0.1, 0.15) is 0 Å². The molecule has 0 aliphatic carbocycles. The van der Waals surface area contributed by atoms with Gasteiger partial charge in [-0.05, 0) is 37.5 Å². The van der Waals surface area contributed by atoms with E-state index in [4.69, 9.17) is 5.11 Å². The summed E-state index contributed by atoms with van der Waals surface area (Å²) in [5.74, 6) is 1.16. The summed E-state index contributed by atoms with van der Waals surface area (Å²) in [7, 11) is 0. The van der Waals surface area contributed by atoms with Gasteiger partial charge < -0.3 is 10.2 Å². The highest BCUT2D eigenvalue weighted by Crippen LogP contribution is 2.19. The van der Waals surface area contributed by atoms with Gasteiger partial charge in [0, 0.05) is 13.2 Å². The molecule has 0 aromatic heterocycles. The number of unbranched alkanes of at least 4 members (excludes halogenated alkanes) is 16. The first-order valence-corrected chi connectivity index (χ1v) is 15.9. The SMILES string of the molecule is CCCCCCC(CO)CCCC.CCCCCCCCCCC(CO)CCCCCCCC. The second-order valence-corrected chi connectivity index (χ2v) is 10.9. The first-order chi connectivity index (χ1) is 16.7. The molecule has 2 nitrogen and oxygen atoms in total. The molecule has 0 amide bonds. The highest BCUT2D eigenvalue weighted by Gasteiger charge is 2.07. The van der Waals surface area contributed by atoms with Crippen molar-refractivity contribution in [1.82, 2.24) is 0 Å². The molecule has 0 bridgehead atoms. The summed E-state index contributed by atoms with van der Waals surface area (Å²) in [6, 6.07) is 0. The molecule has 2 N–H and O–H groups in total. The predicted octanol–water partition coefficient (Wildman–Crippen LogP) is 10.6. The molecule has 2 atom stereocenters. The highest BCUT2D eigenvalue weighted by molar-refractivity contribution is 4.60. The third-order valence-corrected chi connectivity index (χ3v) is 7.38. The predicted molar refractivity (Wildman–Crippen MR) is 155 cm³/mol. The monoisotopic (exact) mass is 485 g/mol. The molecule has 0 aromatic carbocycles. The lowest BCUT2D eigenvalue weighted by Crippen LogP contribution is -2.06. The van der Waals surface area contributed by atoms with Crippen molar-refractivity contribution in [3.63, 3.8) is 0 Å². The normalized spacial score (nSPS) is 12.9. The zero-order valence-electron chi connectivity index (χ0n) is 24.4. The van der Waals surface area contributed by atoms with Crippen LogP contribution in [0.2, 0.25) is 0 Å². The Balaban J connectivity index is 0. The van der Waals surface area contributed by atoms with Crippen LogP contribution in [-0.2, 0) is 0 Å². The summed E-state index contributed by atoms with van der Waals surface area (Å²) >= 11 is 0. The molecule has 208 valence electrons. The van der Waals surface area contributed by atoms with Crippen molar-refractivity contribution < 1.29 is 10.2 Å². The average molecular weight is 485 g/mol. The van der Waals surface area contributed by atoms with E-state index in [1.54, 1.807) is 0 Å². The molecule has 0 spiro atoms. The molecule has 0 fully saturated rings. The molecule has 34 heavy (non-hydrogen) atoms. The van der Waals surface area contributed by atoms with Crippen molar-refractivity contribution in [3.05, 3.63) is 0 Å². The molecule has 0 aliphatic heterocycles.